The first-order valence-electron chi connectivity index (χ1n) is 7.98. The molecule has 1 N–H and O–H groups in total. The number of nitrogens with zero attached hydrogens (tertiary/aromatic N) is 1. The van der Waals surface area contributed by atoms with Crippen molar-refractivity contribution < 1.29 is 17.9 Å². The molecule has 0 aliphatic heterocycles. The molecule has 0 bridgehead atoms. The number of halogens is 2. The third-order valence-corrected chi connectivity index (χ3v) is 5.64. The first kappa shape index (κ1) is 21.3. The second-order valence-corrected chi connectivity index (χ2v) is 8.60. The highest BCUT2D eigenvalue weighted by Crippen LogP contribution is 2.32. The van der Waals surface area contributed by atoms with Crippen LogP contribution in [0.25, 0.3) is 0 Å². The van der Waals surface area contributed by atoms with Crippen LogP contribution in [0.3, 0.4) is 0 Å². The van der Waals surface area contributed by atoms with Gasteiger partial charge in [0.25, 0.3) is 0 Å². The average molecular weight is 431 g/mol. The molecule has 0 fully saturated rings. The van der Waals surface area contributed by atoms with Gasteiger partial charge in [0, 0.05) is 11.6 Å². The monoisotopic (exact) mass is 430 g/mol. The zero-order valence-electron chi connectivity index (χ0n) is 15.1. The van der Waals surface area contributed by atoms with E-state index in [4.69, 9.17) is 27.9 Å². The first-order chi connectivity index (χ1) is 12.6. The van der Waals surface area contributed by atoms with Crippen LogP contribution in [0.15, 0.2) is 42.5 Å². The average Bonchev–Trinajstić information content (AvgIpc) is 2.62. The van der Waals surface area contributed by atoms with Crippen LogP contribution in [0.2, 0.25) is 10.0 Å². The number of carbonyl (C=O) groups is 1. The summed E-state index contributed by atoms with van der Waals surface area (Å²) in [5, 5.41) is 3.22. The predicted molar refractivity (Wildman–Crippen MR) is 108 cm³/mol. The van der Waals surface area contributed by atoms with Gasteiger partial charge in [-0.05, 0) is 42.8 Å². The third kappa shape index (κ3) is 5.51. The number of nitrogens with one attached hydrogen (secondary N) is 1. The maximum Gasteiger partial charge on any atom is 0.243 e. The summed E-state index contributed by atoms with van der Waals surface area (Å²) in [5.41, 5.74) is 1.00. The van der Waals surface area contributed by atoms with E-state index in [1.54, 1.807) is 25.3 Å². The minimum atomic E-state index is -3.78. The Hall–Kier alpha value is -1.96. The smallest absolute Gasteiger partial charge is 0.243 e. The molecular weight excluding hydrogens is 411 g/mol. The number of amides is 1. The predicted octanol–water partition coefficient (Wildman–Crippen LogP) is 3.47. The van der Waals surface area contributed by atoms with Gasteiger partial charge in [0.15, 0.2) is 0 Å². The Balaban J connectivity index is 2.20. The van der Waals surface area contributed by atoms with Gasteiger partial charge >= 0.3 is 0 Å². The second-order valence-electron chi connectivity index (χ2n) is 5.90. The quantitative estimate of drug-likeness (QED) is 0.729. The van der Waals surface area contributed by atoms with E-state index in [-0.39, 0.29) is 17.3 Å². The highest BCUT2D eigenvalue weighted by Gasteiger charge is 2.30. The van der Waals surface area contributed by atoms with Crippen LogP contribution in [-0.2, 0) is 21.4 Å². The van der Waals surface area contributed by atoms with E-state index in [0.29, 0.717) is 10.8 Å². The van der Waals surface area contributed by atoms with Crippen molar-refractivity contribution in [2.75, 3.05) is 17.7 Å². The van der Waals surface area contributed by atoms with Crippen LogP contribution in [0, 0.1) is 0 Å². The number of methoxy groups -OCH3 is 1. The van der Waals surface area contributed by atoms with Crippen molar-refractivity contribution in [3.05, 3.63) is 58.1 Å². The zero-order valence-corrected chi connectivity index (χ0v) is 17.4. The van der Waals surface area contributed by atoms with Gasteiger partial charge in [-0.1, -0.05) is 35.3 Å². The van der Waals surface area contributed by atoms with Crippen LogP contribution in [0.4, 0.5) is 5.69 Å². The Bertz CT molecular complexity index is 917. The number of carbonyl (C=O) groups excluding carboxylic acids is 1. The summed E-state index contributed by atoms with van der Waals surface area (Å²) in [6, 6.07) is 10.6. The van der Waals surface area contributed by atoms with Gasteiger partial charge in [0.1, 0.15) is 11.8 Å². The molecule has 0 spiro atoms. The van der Waals surface area contributed by atoms with Gasteiger partial charge in [-0.2, -0.15) is 0 Å². The number of hydrogen-bond acceptors (Lipinski definition) is 4. The van der Waals surface area contributed by atoms with Gasteiger partial charge in [-0.15, -0.1) is 0 Å². The summed E-state index contributed by atoms with van der Waals surface area (Å²) < 4.78 is 30.7. The molecule has 0 heterocycles. The molecule has 146 valence electrons. The lowest BCUT2D eigenvalue weighted by Crippen LogP contribution is -2.47. The molecular formula is C18H20Cl2N2O4S. The van der Waals surface area contributed by atoms with Crippen molar-refractivity contribution in [1.29, 1.82) is 0 Å². The zero-order chi connectivity index (χ0) is 20.2. The molecule has 9 heteroatoms. The van der Waals surface area contributed by atoms with E-state index < -0.39 is 22.0 Å². The van der Waals surface area contributed by atoms with E-state index >= 15 is 0 Å². The van der Waals surface area contributed by atoms with Gasteiger partial charge in [0.2, 0.25) is 15.9 Å². The Morgan fingerprint density at radius 1 is 1.19 bits per heavy atom. The Labute approximate surface area is 169 Å². The fourth-order valence-corrected chi connectivity index (χ4v) is 4.12. The lowest BCUT2D eigenvalue weighted by Gasteiger charge is -2.29. The maximum absolute atomic E-state index is 12.6. The van der Waals surface area contributed by atoms with Gasteiger partial charge in [0.05, 0.1) is 24.1 Å². The summed E-state index contributed by atoms with van der Waals surface area (Å²) in [4.78, 5) is 12.6. The Morgan fingerprint density at radius 3 is 2.37 bits per heavy atom. The van der Waals surface area contributed by atoms with Crippen LogP contribution in [0.5, 0.6) is 5.75 Å². The molecule has 6 nitrogen and oxygen atoms in total. The maximum atomic E-state index is 12.6. The lowest BCUT2D eigenvalue weighted by atomic mass is 10.2. The summed E-state index contributed by atoms with van der Waals surface area (Å²) in [6.45, 7) is 1.73. The minimum absolute atomic E-state index is 0.152. The standard InChI is InChI=1S/C18H20Cl2N2O4S/c1-12(18(23)21-11-13-4-7-15(26-2)8-5-13)22(27(3,24)25)17-10-14(19)6-9-16(17)20/h4-10,12H,11H2,1-3H3,(H,21,23). The highest BCUT2D eigenvalue weighted by molar-refractivity contribution is 7.92. The molecule has 0 radical (unpaired) electrons. The lowest BCUT2D eigenvalue weighted by molar-refractivity contribution is -0.122. The molecule has 2 aromatic carbocycles. The van der Waals surface area contributed by atoms with E-state index in [0.717, 1.165) is 16.1 Å². The molecule has 0 aliphatic rings. The van der Waals surface area contributed by atoms with Crippen molar-refractivity contribution in [1.82, 2.24) is 5.32 Å². The van der Waals surface area contributed by atoms with Crippen LogP contribution < -0.4 is 14.4 Å². The van der Waals surface area contributed by atoms with Gasteiger partial charge < -0.3 is 10.1 Å². The molecule has 2 rings (SSSR count). The first-order valence-corrected chi connectivity index (χ1v) is 10.6. The number of anilines is 1. The number of benzene rings is 2. The number of rotatable bonds is 7. The van der Waals surface area contributed by atoms with Crippen molar-refractivity contribution in [2.45, 2.75) is 19.5 Å². The van der Waals surface area contributed by atoms with Crippen molar-refractivity contribution in [2.24, 2.45) is 0 Å². The fraction of sp³-hybridized carbons (Fsp3) is 0.278. The van der Waals surface area contributed by atoms with Crippen LogP contribution in [0.1, 0.15) is 12.5 Å². The topological polar surface area (TPSA) is 75.7 Å². The summed E-state index contributed by atoms with van der Waals surface area (Å²) in [6.07, 6.45) is 1.01. The Kier molecular flexibility index (Phi) is 6.97. The molecule has 0 aromatic heterocycles. The molecule has 27 heavy (non-hydrogen) atoms. The molecule has 1 amide bonds. The SMILES string of the molecule is COc1ccc(CNC(=O)C(C)N(c2cc(Cl)ccc2Cl)S(C)(=O)=O)cc1. The number of sulfonamides is 1. The molecule has 0 saturated heterocycles. The Morgan fingerprint density at radius 2 is 1.81 bits per heavy atom. The van der Waals surface area contributed by atoms with E-state index in [1.165, 1.54) is 19.1 Å². The van der Waals surface area contributed by atoms with Crippen molar-refractivity contribution in [3.8, 4) is 5.75 Å². The molecule has 2 aromatic rings. The van der Waals surface area contributed by atoms with E-state index in [1.807, 2.05) is 12.1 Å². The largest absolute Gasteiger partial charge is 0.497 e. The second kappa shape index (κ2) is 8.82. The van der Waals surface area contributed by atoms with E-state index in [2.05, 4.69) is 5.32 Å². The fourth-order valence-electron chi connectivity index (χ4n) is 2.52. The van der Waals surface area contributed by atoms with Crippen LogP contribution in [-0.4, -0.2) is 33.7 Å². The van der Waals surface area contributed by atoms with Crippen molar-refractivity contribution >= 4 is 44.8 Å². The molecule has 0 saturated carbocycles. The normalized spacial score (nSPS) is 12.3. The molecule has 0 aliphatic carbocycles. The third-order valence-electron chi connectivity index (χ3n) is 3.86. The minimum Gasteiger partial charge on any atom is -0.497 e. The summed E-state index contributed by atoms with van der Waals surface area (Å²) >= 11 is 12.1. The number of ether oxygens (including phenoxy) is 1. The number of hydrogen-bond donors (Lipinski definition) is 1. The molecule has 1 unspecified atom stereocenters. The van der Waals surface area contributed by atoms with Gasteiger partial charge in [-0.3, -0.25) is 9.10 Å². The van der Waals surface area contributed by atoms with Crippen molar-refractivity contribution in [3.63, 3.8) is 0 Å². The van der Waals surface area contributed by atoms with Crippen LogP contribution >= 0.6 is 23.2 Å². The summed E-state index contributed by atoms with van der Waals surface area (Å²) in [5.74, 6) is 0.240. The highest BCUT2D eigenvalue weighted by atomic mass is 35.5. The molecule has 1 atom stereocenters. The van der Waals surface area contributed by atoms with Gasteiger partial charge in [-0.25, -0.2) is 8.42 Å². The summed E-state index contributed by atoms with van der Waals surface area (Å²) in [7, 11) is -2.21. The van der Waals surface area contributed by atoms with E-state index in [9.17, 15) is 13.2 Å².